The van der Waals surface area contributed by atoms with Crippen molar-refractivity contribution in [3.8, 4) is 0 Å². The molecule has 2 rings (SSSR count). The maximum Gasteiger partial charge on any atom is 0.141 e. The number of carbonyl (C=O) groups is 1. The zero-order valence-electron chi connectivity index (χ0n) is 11.3. The Morgan fingerprint density at radius 2 is 1.89 bits per heavy atom. The fourth-order valence-corrected chi connectivity index (χ4v) is 2.74. The van der Waals surface area contributed by atoms with E-state index in [0.717, 1.165) is 13.0 Å². The van der Waals surface area contributed by atoms with Gasteiger partial charge in [-0.3, -0.25) is 4.79 Å². The van der Waals surface area contributed by atoms with Gasteiger partial charge in [-0.25, -0.2) is 0 Å². The first kappa shape index (κ1) is 15.2. The number of hydrogen-bond donors (Lipinski definition) is 0. The molecule has 1 aromatic rings. The lowest BCUT2D eigenvalue weighted by atomic mass is 9.73. The molecule has 1 aliphatic heterocycles. The minimum absolute atomic E-state index is 0. The first-order valence-electron chi connectivity index (χ1n) is 6.29. The van der Waals surface area contributed by atoms with Gasteiger partial charge in [0.15, 0.2) is 0 Å². The molecule has 0 N–H and O–H groups in total. The topological polar surface area (TPSA) is 20.3 Å². The number of likely N-dealkylation sites (N-methyl/N-ethyl adjacent to an activating group) is 1. The average molecular weight is 268 g/mol. The van der Waals surface area contributed by atoms with E-state index in [1.807, 2.05) is 6.07 Å². The van der Waals surface area contributed by atoms with E-state index in [1.165, 1.54) is 5.56 Å². The summed E-state index contributed by atoms with van der Waals surface area (Å²) in [4.78, 5) is 14.4. The van der Waals surface area contributed by atoms with Gasteiger partial charge in [0.05, 0.1) is 0 Å². The SMILES string of the molecule is CN1CCC(=O)C(C)(C)C1Cc1ccccc1.Cl. The normalized spacial score (nSPS) is 23.5. The molecule has 1 aliphatic rings. The summed E-state index contributed by atoms with van der Waals surface area (Å²) < 4.78 is 0. The maximum absolute atomic E-state index is 12.0. The predicted molar refractivity (Wildman–Crippen MR) is 77.2 cm³/mol. The lowest BCUT2D eigenvalue weighted by Crippen LogP contribution is -2.53. The standard InChI is InChI=1S/C15H21NO.ClH/c1-15(2)13(16(3)10-9-14(15)17)11-12-7-5-4-6-8-12;/h4-8,13H,9-11H2,1-3H3;1H. The maximum atomic E-state index is 12.0. The Morgan fingerprint density at radius 3 is 2.50 bits per heavy atom. The summed E-state index contributed by atoms with van der Waals surface area (Å²) in [5.41, 5.74) is 1.08. The Balaban J connectivity index is 0.00000162. The molecule has 18 heavy (non-hydrogen) atoms. The van der Waals surface area contributed by atoms with Crippen LogP contribution >= 0.6 is 12.4 Å². The number of halogens is 1. The zero-order chi connectivity index (χ0) is 12.5. The van der Waals surface area contributed by atoms with Crippen LogP contribution in [-0.4, -0.2) is 30.3 Å². The lowest BCUT2D eigenvalue weighted by Gasteiger charge is -2.43. The average Bonchev–Trinajstić information content (AvgIpc) is 2.32. The molecule has 1 heterocycles. The van der Waals surface area contributed by atoms with Gasteiger partial charge in [-0.15, -0.1) is 12.4 Å². The summed E-state index contributed by atoms with van der Waals surface area (Å²) in [5.74, 6) is 0.400. The third-order valence-electron chi connectivity index (χ3n) is 4.05. The van der Waals surface area contributed by atoms with Gasteiger partial charge >= 0.3 is 0 Å². The van der Waals surface area contributed by atoms with Crippen LogP contribution in [0, 0.1) is 5.41 Å². The number of rotatable bonds is 2. The molecule has 1 aromatic carbocycles. The number of Topliss-reactive ketones (excluding diaryl/α,β-unsaturated/α-hetero) is 1. The number of piperidine rings is 1. The molecule has 2 nitrogen and oxygen atoms in total. The van der Waals surface area contributed by atoms with Crippen LogP contribution in [0.25, 0.3) is 0 Å². The van der Waals surface area contributed by atoms with Gasteiger partial charge in [-0.1, -0.05) is 44.2 Å². The third-order valence-corrected chi connectivity index (χ3v) is 4.05. The van der Waals surface area contributed by atoms with Crippen molar-refractivity contribution in [1.29, 1.82) is 0 Å². The van der Waals surface area contributed by atoms with Crippen molar-refractivity contribution in [2.45, 2.75) is 32.7 Å². The Hall–Kier alpha value is -0.860. The van der Waals surface area contributed by atoms with E-state index >= 15 is 0 Å². The quantitative estimate of drug-likeness (QED) is 0.821. The van der Waals surface area contributed by atoms with E-state index in [-0.39, 0.29) is 17.8 Å². The fraction of sp³-hybridized carbons (Fsp3) is 0.533. The van der Waals surface area contributed by atoms with E-state index in [2.05, 4.69) is 50.1 Å². The van der Waals surface area contributed by atoms with Crippen LogP contribution in [0.3, 0.4) is 0 Å². The van der Waals surface area contributed by atoms with E-state index < -0.39 is 0 Å². The van der Waals surface area contributed by atoms with E-state index in [9.17, 15) is 4.79 Å². The molecule has 1 atom stereocenters. The summed E-state index contributed by atoms with van der Waals surface area (Å²) in [5, 5.41) is 0. The molecule has 1 unspecified atom stereocenters. The van der Waals surface area contributed by atoms with Gasteiger partial charge in [0.1, 0.15) is 5.78 Å². The molecule has 0 radical (unpaired) electrons. The zero-order valence-corrected chi connectivity index (χ0v) is 12.2. The smallest absolute Gasteiger partial charge is 0.141 e. The summed E-state index contributed by atoms with van der Waals surface area (Å²) in [7, 11) is 2.13. The van der Waals surface area contributed by atoms with Crippen molar-refractivity contribution in [2.24, 2.45) is 5.41 Å². The lowest BCUT2D eigenvalue weighted by molar-refractivity contribution is -0.135. The Labute approximate surface area is 116 Å². The van der Waals surface area contributed by atoms with Crippen LogP contribution < -0.4 is 0 Å². The molecule has 1 fully saturated rings. The molecule has 100 valence electrons. The summed E-state index contributed by atoms with van der Waals surface area (Å²) in [6.07, 6.45) is 1.64. The van der Waals surface area contributed by atoms with Crippen LogP contribution in [0.4, 0.5) is 0 Å². The van der Waals surface area contributed by atoms with E-state index in [1.54, 1.807) is 0 Å². The third kappa shape index (κ3) is 2.93. The number of ketones is 1. The first-order chi connectivity index (χ1) is 8.01. The Bertz CT molecular complexity index is 402. The molecule has 0 aromatic heterocycles. The highest BCUT2D eigenvalue weighted by Gasteiger charge is 2.41. The summed E-state index contributed by atoms with van der Waals surface area (Å²) in [6, 6.07) is 10.8. The first-order valence-corrected chi connectivity index (χ1v) is 6.29. The highest BCUT2D eigenvalue weighted by Crippen LogP contribution is 2.33. The highest BCUT2D eigenvalue weighted by atomic mass is 35.5. The van der Waals surface area contributed by atoms with Crippen molar-refractivity contribution in [1.82, 2.24) is 4.90 Å². The monoisotopic (exact) mass is 267 g/mol. The Morgan fingerprint density at radius 1 is 1.28 bits per heavy atom. The van der Waals surface area contributed by atoms with Gasteiger partial charge < -0.3 is 4.90 Å². The van der Waals surface area contributed by atoms with Crippen molar-refractivity contribution in [2.75, 3.05) is 13.6 Å². The molecular weight excluding hydrogens is 246 g/mol. The molecule has 0 saturated carbocycles. The molecular formula is C15H22ClNO. The van der Waals surface area contributed by atoms with Crippen molar-refractivity contribution < 1.29 is 4.79 Å². The molecule has 0 bridgehead atoms. The predicted octanol–water partition coefficient (Wildman–Crippen LogP) is 2.95. The van der Waals surface area contributed by atoms with Crippen LogP contribution in [0.15, 0.2) is 30.3 Å². The molecule has 0 spiro atoms. The minimum Gasteiger partial charge on any atom is -0.302 e. The van der Waals surface area contributed by atoms with Gasteiger partial charge in [-0.2, -0.15) is 0 Å². The van der Waals surface area contributed by atoms with E-state index in [0.29, 0.717) is 18.2 Å². The molecule has 1 saturated heterocycles. The van der Waals surface area contributed by atoms with Gasteiger partial charge in [0.25, 0.3) is 0 Å². The molecule has 0 amide bonds. The van der Waals surface area contributed by atoms with Crippen molar-refractivity contribution in [3.63, 3.8) is 0 Å². The minimum atomic E-state index is -0.233. The second-order valence-electron chi connectivity index (χ2n) is 5.58. The largest absolute Gasteiger partial charge is 0.302 e. The highest BCUT2D eigenvalue weighted by molar-refractivity contribution is 5.86. The van der Waals surface area contributed by atoms with Crippen LogP contribution in [0.2, 0.25) is 0 Å². The van der Waals surface area contributed by atoms with Crippen LogP contribution in [-0.2, 0) is 11.2 Å². The number of hydrogen-bond acceptors (Lipinski definition) is 2. The van der Waals surface area contributed by atoms with Crippen LogP contribution in [0.1, 0.15) is 25.8 Å². The van der Waals surface area contributed by atoms with Crippen molar-refractivity contribution >= 4 is 18.2 Å². The summed E-state index contributed by atoms with van der Waals surface area (Å²) >= 11 is 0. The number of likely N-dealkylation sites (tertiary alicyclic amines) is 1. The second kappa shape index (κ2) is 5.85. The van der Waals surface area contributed by atoms with E-state index in [4.69, 9.17) is 0 Å². The van der Waals surface area contributed by atoms with Gasteiger partial charge in [0, 0.05) is 24.4 Å². The summed E-state index contributed by atoms with van der Waals surface area (Å²) in [6.45, 7) is 5.05. The fourth-order valence-electron chi connectivity index (χ4n) is 2.74. The second-order valence-corrected chi connectivity index (χ2v) is 5.58. The molecule has 0 aliphatic carbocycles. The molecule has 3 heteroatoms. The number of nitrogens with zero attached hydrogens (tertiary/aromatic N) is 1. The Kier molecular flexibility index (Phi) is 4.94. The number of carbonyl (C=O) groups excluding carboxylic acids is 1. The number of benzene rings is 1. The van der Waals surface area contributed by atoms with Crippen molar-refractivity contribution in [3.05, 3.63) is 35.9 Å². The van der Waals surface area contributed by atoms with Gasteiger partial charge in [0.2, 0.25) is 0 Å². The van der Waals surface area contributed by atoms with Crippen LogP contribution in [0.5, 0.6) is 0 Å². The van der Waals surface area contributed by atoms with Gasteiger partial charge in [-0.05, 0) is 19.0 Å².